The van der Waals surface area contributed by atoms with Gasteiger partial charge in [0.05, 0.1) is 0 Å². The highest BCUT2D eigenvalue weighted by molar-refractivity contribution is 5.03. The van der Waals surface area contributed by atoms with Gasteiger partial charge in [0.1, 0.15) is 0 Å². The highest BCUT2D eigenvalue weighted by Gasteiger charge is 2.54. The third-order valence-corrected chi connectivity index (χ3v) is 14.1. The summed E-state index contributed by atoms with van der Waals surface area (Å²) in [6, 6.07) is 0. The van der Waals surface area contributed by atoms with E-state index in [1.54, 1.807) is 96.3 Å². The van der Waals surface area contributed by atoms with Crippen LogP contribution < -0.4 is 0 Å². The Morgan fingerprint density at radius 3 is 1.88 bits per heavy atom. The predicted molar refractivity (Wildman–Crippen MR) is 175 cm³/mol. The van der Waals surface area contributed by atoms with Crippen LogP contribution in [0.15, 0.2) is 12.7 Å². The molecule has 0 aromatic rings. The summed E-state index contributed by atoms with van der Waals surface area (Å²) < 4.78 is 0. The summed E-state index contributed by atoms with van der Waals surface area (Å²) in [6.45, 7) is 9.10. The minimum Gasteiger partial charge on any atom is -0.103 e. The van der Waals surface area contributed by atoms with Crippen LogP contribution in [0.2, 0.25) is 0 Å². The third kappa shape index (κ3) is 7.44. The maximum absolute atomic E-state index is 3.94. The van der Waals surface area contributed by atoms with E-state index in [1.807, 2.05) is 0 Å². The van der Waals surface area contributed by atoms with Crippen LogP contribution in [0.4, 0.5) is 0 Å². The van der Waals surface area contributed by atoms with Gasteiger partial charge in [-0.1, -0.05) is 129 Å². The fourth-order valence-corrected chi connectivity index (χ4v) is 12.4. The van der Waals surface area contributed by atoms with E-state index in [4.69, 9.17) is 0 Å². The van der Waals surface area contributed by atoms with Gasteiger partial charge >= 0.3 is 0 Å². The number of rotatable bonds is 13. The fraction of sp³-hybridized carbons (Fsp3) is 0.950. The van der Waals surface area contributed by atoms with E-state index in [1.165, 1.54) is 64.2 Å². The first-order valence-electron chi connectivity index (χ1n) is 19.4. The minimum absolute atomic E-state index is 1.03. The zero-order valence-corrected chi connectivity index (χ0v) is 27.3. The summed E-state index contributed by atoms with van der Waals surface area (Å²) >= 11 is 0. The average molecular weight is 551 g/mol. The van der Waals surface area contributed by atoms with Gasteiger partial charge in [0.25, 0.3) is 0 Å². The SMILES string of the molecule is C=CCCCCC[C@H]1CCCC(C2C3CCCC[C@H]3C(C(CC)C[C@H](CC)C3CCCCC3)C3CCCC[C@H]32)C1. The molecule has 0 aromatic carbocycles. The van der Waals surface area contributed by atoms with Crippen molar-refractivity contribution in [3.8, 4) is 0 Å². The second-order valence-electron chi connectivity index (χ2n) is 16.1. The molecule has 10 atom stereocenters. The Labute approximate surface area is 251 Å². The maximum atomic E-state index is 3.94. The van der Waals surface area contributed by atoms with Crippen molar-refractivity contribution < 1.29 is 0 Å². The summed E-state index contributed by atoms with van der Waals surface area (Å²) in [6.07, 6.45) is 40.3. The molecular weight excluding hydrogens is 480 g/mol. The van der Waals surface area contributed by atoms with E-state index in [-0.39, 0.29) is 0 Å². The Bertz CT molecular complexity index is 692. The van der Waals surface area contributed by atoms with Crippen LogP contribution in [-0.2, 0) is 0 Å². The second-order valence-corrected chi connectivity index (χ2v) is 16.1. The molecule has 0 saturated heterocycles. The Kier molecular flexibility index (Phi) is 12.5. The lowest BCUT2D eigenvalue weighted by Crippen LogP contribution is -2.53. The highest BCUT2D eigenvalue weighted by atomic mass is 14.6. The lowest BCUT2D eigenvalue weighted by Gasteiger charge is -2.60. The number of unbranched alkanes of at least 4 members (excludes halogenated alkanes) is 3. The second kappa shape index (κ2) is 16.0. The molecule has 0 heteroatoms. The number of hydrogen-bond donors (Lipinski definition) is 0. The molecule has 5 rings (SSSR count). The topological polar surface area (TPSA) is 0 Å². The first-order chi connectivity index (χ1) is 19.7. The largest absolute Gasteiger partial charge is 0.103 e. The smallest absolute Gasteiger partial charge is 0.0323 e. The zero-order valence-electron chi connectivity index (χ0n) is 27.3. The fourth-order valence-electron chi connectivity index (χ4n) is 12.4. The normalized spacial score (nSPS) is 38.6. The Balaban J connectivity index is 1.32. The molecule has 0 bridgehead atoms. The van der Waals surface area contributed by atoms with Gasteiger partial charge in [-0.2, -0.15) is 0 Å². The molecule has 0 heterocycles. The first kappa shape index (κ1) is 31.2. The highest BCUT2D eigenvalue weighted by Crippen LogP contribution is 2.62. The summed E-state index contributed by atoms with van der Waals surface area (Å²) in [5.41, 5.74) is 0. The average Bonchev–Trinajstić information content (AvgIpc) is 3.01. The summed E-state index contributed by atoms with van der Waals surface area (Å²) in [7, 11) is 0. The van der Waals surface area contributed by atoms with Gasteiger partial charge in [0.2, 0.25) is 0 Å². The van der Waals surface area contributed by atoms with Gasteiger partial charge in [0.15, 0.2) is 0 Å². The first-order valence-corrected chi connectivity index (χ1v) is 19.4. The summed E-state index contributed by atoms with van der Waals surface area (Å²) in [4.78, 5) is 0. The van der Waals surface area contributed by atoms with Crippen LogP contribution in [-0.4, -0.2) is 0 Å². The summed E-state index contributed by atoms with van der Waals surface area (Å²) in [5.74, 6) is 11.8. The standard InChI is InChI=1S/C40H70/c1-4-7-8-9-11-19-30-20-18-23-34(28-30)40-37-26-16-14-24-35(37)39(36-25-15-17-27-38(36)40)32(6-3)29-31(5-2)33-21-12-10-13-22-33/h4,30-40H,1,5-29H2,2-3H3/t30-,31-,32?,34?,35+,36?,37?,38+,39?,40?/m0/s1. The monoisotopic (exact) mass is 551 g/mol. The van der Waals surface area contributed by atoms with Crippen LogP contribution in [0.5, 0.6) is 0 Å². The maximum Gasteiger partial charge on any atom is -0.0323 e. The Morgan fingerprint density at radius 1 is 0.625 bits per heavy atom. The van der Waals surface area contributed by atoms with Crippen LogP contribution in [0.25, 0.3) is 0 Å². The molecular formula is C40H70. The molecule has 6 unspecified atom stereocenters. The van der Waals surface area contributed by atoms with E-state index >= 15 is 0 Å². The number of hydrogen-bond acceptors (Lipinski definition) is 0. The van der Waals surface area contributed by atoms with E-state index in [0.717, 1.165) is 65.1 Å². The van der Waals surface area contributed by atoms with Crippen LogP contribution in [0.1, 0.15) is 174 Å². The van der Waals surface area contributed by atoms with E-state index in [9.17, 15) is 0 Å². The summed E-state index contributed by atoms with van der Waals surface area (Å²) in [5, 5.41) is 0. The van der Waals surface area contributed by atoms with Gasteiger partial charge in [-0.15, -0.1) is 6.58 Å². The molecule has 0 spiro atoms. The molecule has 0 amide bonds. The van der Waals surface area contributed by atoms with Crippen molar-refractivity contribution in [1.29, 1.82) is 0 Å². The lowest BCUT2D eigenvalue weighted by molar-refractivity contribution is -0.114. The molecule has 5 aliphatic rings. The predicted octanol–water partition coefficient (Wildman–Crippen LogP) is 12.8. The zero-order chi connectivity index (χ0) is 27.7. The number of fused-ring (bicyclic) bond motifs is 2. The van der Waals surface area contributed by atoms with Gasteiger partial charge in [-0.3, -0.25) is 0 Å². The molecule has 0 aliphatic heterocycles. The molecule has 0 nitrogen and oxygen atoms in total. The van der Waals surface area contributed by atoms with Crippen molar-refractivity contribution in [2.45, 2.75) is 174 Å². The minimum atomic E-state index is 1.03. The van der Waals surface area contributed by atoms with Gasteiger partial charge in [0, 0.05) is 0 Å². The van der Waals surface area contributed by atoms with E-state index in [2.05, 4.69) is 26.5 Å². The van der Waals surface area contributed by atoms with E-state index < -0.39 is 0 Å². The third-order valence-electron chi connectivity index (χ3n) is 14.1. The molecule has 0 radical (unpaired) electrons. The Hall–Kier alpha value is -0.260. The molecule has 5 fully saturated rings. The Morgan fingerprint density at radius 2 is 1.25 bits per heavy atom. The number of allylic oxidation sites excluding steroid dienone is 1. The van der Waals surface area contributed by atoms with Crippen LogP contribution >= 0.6 is 0 Å². The van der Waals surface area contributed by atoms with Gasteiger partial charge < -0.3 is 0 Å². The molecule has 0 N–H and O–H groups in total. The molecule has 230 valence electrons. The van der Waals surface area contributed by atoms with Crippen molar-refractivity contribution in [3.63, 3.8) is 0 Å². The van der Waals surface area contributed by atoms with Crippen molar-refractivity contribution in [1.82, 2.24) is 0 Å². The van der Waals surface area contributed by atoms with Crippen molar-refractivity contribution in [2.75, 3.05) is 0 Å². The van der Waals surface area contributed by atoms with E-state index in [0.29, 0.717) is 0 Å². The molecule has 5 saturated carbocycles. The quantitative estimate of drug-likeness (QED) is 0.158. The molecule has 40 heavy (non-hydrogen) atoms. The van der Waals surface area contributed by atoms with Gasteiger partial charge in [-0.25, -0.2) is 0 Å². The lowest BCUT2D eigenvalue weighted by atomic mass is 9.45. The molecule has 0 aromatic heterocycles. The van der Waals surface area contributed by atoms with Gasteiger partial charge in [-0.05, 0) is 116 Å². The molecule has 5 aliphatic carbocycles. The van der Waals surface area contributed by atoms with Crippen LogP contribution in [0.3, 0.4) is 0 Å². The van der Waals surface area contributed by atoms with Crippen molar-refractivity contribution in [2.24, 2.45) is 65.1 Å². The van der Waals surface area contributed by atoms with Crippen molar-refractivity contribution in [3.05, 3.63) is 12.7 Å². The van der Waals surface area contributed by atoms with Crippen molar-refractivity contribution >= 4 is 0 Å². The van der Waals surface area contributed by atoms with Crippen LogP contribution in [0, 0.1) is 65.1 Å².